The van der Waals surface area contributed by atoms with E-state index in [1.165, 1.54) is 5.56 Å². The number of benzene rings is 1. The van der Waals surface area contributed by atoms with E-state index in [4.69, 9.17) is 14.7 Å². The predicted molar refractivity (Wildman–Crippen MR) is 89.4 cm³/mol. The summed E-state index contributed by atoms with van der Waals surface area (Å²) in [5, 5.41) is 10.8. The third kappa shape index (κ3) is 6.69. The minimum atomic E-state index is -0.822. The van der Waals surface area contributed by atoms with Gasteiger partial charge in [-0.25, -0.2) is 4.79 Å². The Bertz CT molecular complexity index is 597. The SMILES string of the molecule is C[C@@H](Oc1ccc(C(C)(C)C)cc1)C(=O)OCC(=O)NCCC#N. The van der Waals surface area contributed by atoms with Crippen molar-refractivity contribution in [3.8, 4) is 11.8 Å². The molecule has 6 heteroatoms. The van der Waals surface area contributed by atoms with E-state index < -0.39 is 18.0 Å². The Morgan fingerprint density at radius 2 is 1.88 bits per heavy atom. The molecular formula is C18H24N2O4. The zero-order chi connectivity index (χ0) is 18.2. The van der Waals surface area contributed by atoms with Crippen LogP contribution in [0.3, 0.4) is 0 Å². The Hall–Kier alpha value is -2.55. The standard InChI is InChI=1S/C18H24N2O4/c1-13(17(22)23-12-16(21)20-11-5-10-19)24-15-8-6-14(7-9-15)18(2,3)4/h6-9,13H,5,11-12H2,1-4H3,(H,20,21)/t13-/m1/s1. The second-order valence-corrected chi connectivity index (χ2v) is 6.40. The molecule has 0 saturated carbocycles. The summed E-state index contributed by atoms with van der Waals surface area (Å²) in [6.07, 6.45) is -0.610. The molecule has 0 saturated heterocycles. The molecule has 1 rings (SSSR count). The van der Waals surface area contributed by atoms with E-state index in [-0.39, 0.29) is 25.0 Å². The smallest absolute Gasteiger partial charge is 0.347 e. The van der Waals surface area contributed by atoms with Crippen LogP contribution in [-0.2, 0) is 19.7 Å². The van der Waals surface area contributed by atoms with Crippen molar-refractivity contribution in [1.82, 2.24) is 5.32 Å². The van der Waals surface area contributed by atoms with Gasteiger partial charge in [0, 0.05) is 6.54 Å². The first-order valence-electron chi connectivity index (χ1n) is 7.81. The highest BCUT2D eigenvalue weighted by molar-refractivity contribution is 5.81. The largest absolute Gasteiger partial charge is 0.479 e. The van der Waals surface area contributed by atoms with Gasteiger partial charge >= 0.3 is 5.97 Å². The molecule has 1 aromatic rings. The first-order chi connectivity index (χ1) is 11.2. The minimum Gasteiger partial charge on any atom is -0.479 e. The van der Waals surface area contributed by atoms with Gasteiger partial charge in [0.25, 0.3) is 5.91 Å². The maximum absolute atomic E-state index is 11.8. The van der Waals surface area contributed by atoms with Crippen LogP contribution in [0.5, 0.6) is 5.75 Å². The van der Waals surface area contributed by atoms with Gasteiger partial charge in [0.2, 0.25) is 0 Å². The number of nitrogens with one attached hydrogen (secondary N) is 1. The van der Waals surface area contributed by atoms with Crippen LogP contribution in [0, 0.1) is 11.3 Å². The first-order valence-corrected chi connectivity index (χ1v) is 7.81. The number of nitriles is 1. The normalized spacial score (nSPS) is 12.0. The Morgan fingerprint density at radius 3 is 2.42 bits per heavy atom. The zero-order valence-corrected chi connectivity index (χ0v) is 14.6. The molecule has 6 nitrogen and oxygen atoms in total. The lowest BCUT2D eigenvalue weighted by Crippen LogP contribution is -2.33. The number of rotatable bonds is 7. The van der Waals surface area contributed by atoms with Crippen molar-refractivity contribution in [2.24, 2.45) is 0 Å². The Labute approximate surface area is 142 Å². The fraction of sp³-hybridized carbons (Fsp3) is 0.500. The summed E-state index contributed by atoms with van der Waals surface area (Å²) >= 11 is 0. The van der Waals surface area contributed by atoms with Crippen molar-refractivity contribution < 1.29 is 19.1 Å². The molecule has 0 fully saturated rings. The minimum absolute atomic E-state index is 0.0436. The average molecular weight is 332 g/mol. The molecule has 0 heterocycles. The van der Waals surface area contributed by atoms with Crippen LogP contribution in [0.2, 0.25) is 0 Å². The van der Waals surface area contributed by atoms with Crippen molar-refractivity contribution in [3.05, 3.63) is 29.8 Å². The molecule has 0 aliphatic heterocycles. The van der Waals surface area contributed by atoms with Crippen LogP contribution in [0.25, 0.3) is 0 Å². The number of hydrogen-bond donors (Lipinski definition) is 1. The monoisotopic (exact) mass is 332 g/mol. The van der Waals surface area contributed by atoms with E-state index in [0.717, 1.165) is 0 Å². The van der Waals surface area contributed by atoms with Gasteiger partial charge in [0.1, 0.15) is 5.75 Å². The summed E-state index contributed by atoms with van der Waals surface area (Å²) in [6, 6.07) is 9.42. The number of carbonyl (C=O) groups excluding carboxylic acids is 2. The molecule has 1 amide bonds. The average Bonchev–Trinajstić information content (AvgIpc) is 2.52. The number of amides is 1. The summed E-state index contributed by atoms with van der Waals surface area (Å²) < 4.78 is 10.4. The van der Waals surface area contributed by atoms with Crippen LogP contribution in [0.1, 0.15) is 39.7 Å². The number of esters is 1. The van der Waals surface area contributed by atoms with Gasteiger partial charge < -0.3 is 14.8 Å². The van der Waals surface area contributed by atoms with Gasteiger partial charge in [-0.1, -0.05) is 32.9 Å². The number of hydrogen-bond acceptors (Lipinski definition) is 5. The fourth-order valence-corrected chi connectivity index (χ4v) is 1.85. The molecule has 0 aromatic heterocycles. The van der Waals surface area contributed by atoms with Crippen molar-refractivity contribution in [2.45, 2.75) is 45.6 Å². The van der Waals surface area contributed by atoms with E-state index in [1.54, 1.807) is 19.1 Å². The molecule has 0 spiro atoms. The molecule has 24 heavy (non-hydrogen) atoms. The van der Waals surface area contributed by atoms with Gasteiger partial charge in [0.05, 0.1) is 12.5 Å². The molecular weight excluding hydrogens is 308 g/mol. The molecule has 130 valence electrons. The Kier molecular flexibility index (Phi) is 7.25. The lowest BCUT2D eigenvalue weighted by atomic mass is 9.87. The van der Waals surface area contributed by atoms with E-state index in [0.29, 0.717) is 5.75 Å². The van der Waals surface area contributed by atoms with Gasteiger partial charge in [0.15, 0.2) is 12.7 Å². The molecule has 0 bridgehead atoms. The van der Waals surface area contributed by atoms with Gasteiger partial charge in [-0.05, 0) is 30.0 Å². The Balaban J connectivity index is 2.44. The molecule has 1 N–H and O–H groups in total. The fourth-order valence-electron chi connectivity index (χ4n) is 1.85. The summed E-state index contributed by atoms with van der Waals surface area (Å²) in [5.41, 5.74) is 1.21. The zero-order valence-electron chi connectivity index (χ0n) is 14.6. The third-order valence-electron chi connectivity index (χ3n) is 3.27. The highest BCUT2D eigenvalue weighted by Crippen LogP contribution is 2.24. The van der Waals surface area contributed by atoms with Crippen molar-refractivity contribution >= 4 is 11.9 Å². The van der Waals surface area contributed by atoms with E-state index in [2.05, 4.69) is 26.1 Å². The van der Waals surface area contributed by atoms with Crippen molar-refractivity contribution in [1.29, 1.82) is 5.26 Å². The van der Waals surface area contributed by atoms with Crippen molar-refractivity contribution in [3.63, 3.8) is 0 Å². The highest BCUT2D eigenvalue weighted by Gasteiger charge is 2.18. The molecule has 0 aliphatic rings. The third-order valence-corrected chi connectivity index (χ3v) is 3.27. The maximum atomic E-state index is 11.8. The first kappa shape index (κ1) is 19.5. The van der Waals surface area contributed by atoms with Crippen LogP contribution in [0.4, 0.5) is 0 Å². The number of carbonyl (C=O) groups is 2. The lowest BCUT2D eigenvalue weighted by Gasteiger charge is -2.20. The predicted octanol–water partition coefficient (Wildman–Crippen LogP) is 2.32. The van der Waals surface area contributed by atoms with Crippen LogP contribution in [-0.4, -0.2) is 31.1 Å². The topological polar surface area (TPSA) is 88.4 Å². The molecule has 0 aliphatic carbocycles. The summed E-state index contributed by atoms with van der Waals surface area (Å²) in [7, 11) is 0. The Morgan fingerprint density at radius 1 is 1.25 bits per heavy atom. The molecule has 1 atom stereocenters. The van der Waals surface area contributed by atoms with E-state index >= 15 is 0 Å². The lowest BCUT2D eigenvalue weighted by molar-refractivity contribution is -0.154. The second kappa shape index (κ2) is 8.92. The van der Waals surface area contributed by atoms with Crippen molar-refractivity contribution in [2.75, 3.05) is 13.2 Å². The maximum Gasteiger partial charge on any atom is 0.347 e. The summed E-state index contributed by atoms with van der Waals surface area (Å²) in [5.74, 6) is -0.503. The van der Waals surface area contributed by atoms with E-state index in [1.807, 2.05) is 18.2 Å². The van der Waals surface area contributed by atoms with Gasteiger partial charge in [-0.15, -0.1) is 0 Å². The van der Waals surface area contributed by atoms with Gasteiger partial charge in [-0.2, -0.15) is 5.26 Å². The summed E-state index contributed by atoms with van der Waals surface area (Å²) in [4.78, 5) is 23.2. The second-order valence-electron chi connectivity index (χ2n) is 6.40. The summed E-state index contributed by atoms with van der Waals surface area (Å²) in [6.45, 7) is 7.76. The quantitative estimate of drug-likeness (QED) is 0.611. The van der Waals surface area contributed by atoms with E-state index in [9.17, 15) is 9.59 Å². The van der Waals surface area contributed by atoms with Crippen LogP contribution in [0.15, 0.2) is 24.3 Å². The highest BCUT2D eigenvalue weighted by atomic mass is 16.6. The molecule has 0 unspecified atom stereocenters. The number of ether oxygens (including phenoxy) is 2. The molecule has 0 radical (unpaired) electrons. The van der Waals surface area contributed by atoms with Gasteiger partial charge in [-0.3, -0.25) is 4.79 Å². The van der Waals surface area contributed by atoms with Crippen LogP contribution >= 0.6 is 0 Å². The number of nitrogens with zero attached hydrogens (tertiary/aromatic N) is 1. The van der Waals surface area contributed by atoms with Crippen LogP contribution < -0.4 is 10.1 Å². The molecule has 1 aromatic carbocycles.